The predicted molar refractivity (Wildman–Crippen MR) is 71.6 cm³/mol. The van der Waals surface area contributed by atoms with E-state index in [1.807, 2.05) is 6.07 Å². The monoisotopic (exact) mass is 275 g/mol. The third-order valence-corrected chi connectivity index (χ3v) is 4.18. The van der Waals surface area contributed by atoms with Crippen molar-refractivity contribution in [3.05, 3.63) is 34.9 Å². The zero-order chi connectivity index (χ0) is 14.3. The Balaban J connectivity index is 1.90. The summed E-state index contributed by atoms with van der Waals surface area (Å²) in [6, 6.07) is 5.59. The van der Waals surface area contributed by atoms with Gasteiger partial charge in [-0.1, -0.05) is 18.2 Å². The molecule has 1 saturated heterocycles. The van der Waals surface area contributed by atoms with E-state index in [1.165, 1.54) is 24.0 Å². The first kappa shape index (κ1) is 13.0. The van der Waals surface area contributed by atoms with Gasteiger partial charge in [0.1, 0.15) is 6.10 Å². The van der Waals surface area contributed by atoms with Crippen LogP contribution < -0.4 is 0 Å². The number of rotatable bonds is 1. The van der Waals surface area contributed by atoms with Crippen LogP contribution in [0.1, 0.15) is 42.6 Å². The van der Waals surface area contributed by atoms with Crippen molar-refractivity contribution in [1.29, 1.82) is 0 Å². The molecular weight excluding hydrogens is 258 g/mol. The maximum Gasteiger partial charge on any atom is 0.420 e. The number of carboxylic acid groups (broad SMARTS) is 1. The first-order chi connectivity index (χ1) is 9.58. The molecule has 106 valence electrons. The van der Waals surface area contributed by atoms with E-state index in [0.29, 0.717) is 0 Å². The Morgan fingerprint density at radius 3 is 2.65 bits per heavy atom. The molecule has 0 aromatic heterocycles. The van der Waals surface area contributed by atoms with Crippen molar-refractivity contribution >= 4 is 12.2 Å². The first-order valence-electron chi connectivity index (χ1n) is 6.92. The van der Waals surface area contributed by atoms with Crippen LogP contribution in [-0.2, 0) is 17.6 Å². The van der Waals surface area contributed by atoms with Crippen molar-refractivity contribution in [2.45, 2.75) is 44.8 Å². The minimum Gasteiger partial charge on any atom is -0.465 e. The second kappa shape index (κ2) is 4.81. The molecule has 0 radical (unpaired) electrons. The number of nitrogens with zero attached hydrogens (tertiary/aromatic N) is 1. The van der Waals surface area contributed by atoms with E-state index in [9.17, 15) is 9.59 Å². The third kappa shape index (κ3) is 2.03. The van der Waals surface area contributed by atoms with E-state index < -0.39 is 24.3 Å². The normalized spacial score (nSPS) is 25.2. The second-order valence-corrected chi connectivity index (χ2v) is 5.43. The lowest BCUT2D eigenvalue weighted by Crippen LogP contribution is -2.36. The quantitative estimate of drug-likeness (QED) is 0.855. The number of cyclic esters (lactones) is 1. The van der Waals surface area contributed by atoms with E-state index in [2.05, 4.69) is 12.1 Å². The number of carbonyl (C=O) groups is 2. The number of imide groups is 1. The van der Waals surface area contributed by atoms with Gasteiger partial charge in [0, 0.05) is 0 Å². The van der Waals surface area contributed by atoms with Gasteiger partial charge >= 0.3 is 12.2 Å². The zero-order valence-corrected chi connectivity index (χ0v) is 11.3. The summed E-state index contributed by atoms with van der Waals surface area (Å²) in [5.74, 6) is 0. The minimum absolute atomic E-state index is 0.498. The largest absolute Gasteiger partial charge is 0.465 e. The number of ether oxygens (including phenoxy) is 1. The smallest absolute Gasteiger partial charge is 0.420 e. The fourth-order valence-corrected chi connectivity index (χ4v) is 3.09. The van der Waals surface area contributed by atoms with Gasteiger partial charge in [0.15, 0.2) is 0 Å². The number of amides is 2. The summed E-state index contributed by atoms with van der Waals surface area (Å²) in [6.07, 6.45) is 1.98. The van der Waals surface area contributed by atoms with Crippen LogP contribution in [0.25, 0.3) is 0 Å². The van der Waals surface area contributed by atoms with E-state index in [4.69, 9.17) is 9.84 Å². The van der Waals surface area contributed by atoms with Crippen LogP contribution in [0.15, 0.2) is 18.2 Å². The third-order valence-electron chi connectivity index (χ3n) is 4.18. The lowest BCUT2D eigenvalue weighted by atomic mass is 9.89. The molecule has 1 aliphatic carbocycles. The second-order valence-electron chi connectivity index (χ2n) is 5.43. The van der Waals surface area contributed by atoms with Crippen molar-refractivity contribution in [2.75, 3.05) is 0 Å². The summed E-state index contributed by atoms with van der Waals surface area (Å²) in [7, 11) is 0. The molecule has 0 spiro atoms. The maximum absolute atomic E-state index is 11.6. The summed E-state index contributed by atoms with van der Waals surface area (Å²) in [5.41, 5.74) is 3.54. The van der Waals surface area contributed by atoms with Gasteiger partial charge in [0.25, 0.3) is 0 Å². The Bertz CT molecular complexity index is 569. The Morgan fingerprint density at radius 1 is 1.30 bits per heavy atom. The number of aryl methyl sites for hydroxylation is 2. The molecule has 2 amide bonds. The molecule has 1 fully saturated rings. The molecule has 3 rings (SSSR count). The van der Waals surface area contributed by atoms with Crippen molar-refractivity contribution < 1.29 is 19.4 Å². The molecule has 5 heteroatoms. The van der Waals surface area contributed by atoms with Gasteiger partial charge in [-0.2, -0.15) is 0 Å². The van der Waals surface area contributed by atoms with E-state index in [1.54, 1.807) is 6.92 Å². The summed E-state index contributed by atoms with van der Waals surface area (Å²) in [6.45, 7) is 1.70. The maximum atomic E-state index is 11.6. The molecule has 0 bridgehead atoms. The number of fused-ring (bicyclic) bond motifs is 1. The summed E-state index contributed by atoms with van der Waals surface area (Å²) >= 11 is 0. The molecule has 5 nitrogen and oxygen atoms in total. The van der Waals surface area contributed by atoms with Crippen LogP contribution >= 0.6 is 0 Å². The van der Waals surface area contributed by atoms with E-state index in [-0.39, 0.29) is 0 Å². The van der Waals surface area contributed by atoms with Crippen LogP contribution in [0, 0.1) is 0 Å². The molecule has 1 aromatic rings. The minimum atomic E-state index is -1.26. The summed E-state index contributed by atoms with van der Waals surface area (Å²) < 4.78 is 5.23. The molecule has 0 saturated carbocycles. The average molecular weight is 275 g/mol. The van der Waals surface area contributed by atoms with E-state index >= 15 is 0 Å². The zero-order valence-electron chi connectivity index (χ0n) is 11.3. The van der Waals surface area contributed by atoms with Gasteiger partial charge in [-0.05, 0) is 49.3 Å². The first-order valence-corrected chi connectivity index (χ1v) is 6.92. The molecule has 20 heavy (non-hydrogen) atoms. The van der Waals surface area contributed by atoms with Gasteiger partial charge in [-0.25, -0.2) is 14.5 Å². The van der Waals surface area contributed by atoms with Gasteiger partial charge in [-0.3, -0.25) is 0 Å². The van der Waals surface area contributed by atoms with Crippen LogP contribution in [-0.4, -0.2) is 28.2 Å². The molecule has 2 unspecified atom stereocenters. The van der Waals surface area contributed by atoms with Gasteiger partial charge < -0.3 is 9.84 Å². The van der Waals surface area contributed by atoms with Crippen molar-refractivity contribution in [3.63, 3.8) is 0 Å². The highest BCUT2D eigenvalue weighted by molar-refractivity contribution is 5.89. The molecule has 1 N–H and O–H groups in total. The van der Waals surface area contributed by atoms with Gasteiger partial charge in [0.2, 0.25) is 0 Å². The molecule has 1 aliphatic heterocycles. The Morgan fingerprint density at radius 2 is 2.00 bits per heavy atom. The number of hydrogen-bond acceptors (Lipinski definition) is 3. The van der Waals surface area contributed by atoms with Crippen LogP contribution in [0.3, 0.4) is 0 Å². The summed E-state index contributed by atoms with van der Waals surface area (Å²) in [5, 5.41) is 9.04. The van der Waals surface area contributed by atoms with Crippen LogP contribution in [0.2, 0.25) is 0 Å². The predicted octanol–water partition coefficient (Wildman–Crippen LogP) is 3.13. The topological polar surface area (TPSA) is 66.8 Å². The highest BCUT2D eigenvalue weighted by Crippen LogP contribution is 2.34. The lowest BCUT2D eigenvalue weighted by molar-refractivity contribution is 0.127. The molecule has 1 aromatic carbocycles. The highest BCUT2D eigenvalue weighted by atomic mass is 16.6. The SMILES string of the molecule is CC1C(c2ccc3c(c2)CCCC3)OC(=O)N1C(=O)O. The number of hydrogen-bond donors (Lipinski definition) is 1. The Kier molecular flexibility index (Phi) is 3.12. The number of carbonyl (C=O) groups excluding carboxylic acids is 1. The van der Waals surface area contributed by atoms with Crippen molar-refractivity contribution in [3.8, 4) is 0 Å². The fraction of sp³-hybridized carbons (Fsp3) is 0.467. The van der Waals surface area contributed by atoms with Gasteiger partial charge in [0.05, 0.1) is 6.04 Å². The highest BCUT2D eigenvalue weighted by Gasteiger charge is 2.43. The lowest BCUT2D eigenvalue weighted by Gasteiger charge is -2.20. The van der Waals surface area contributed by atoms with Gasteiger partial charge in [-0.15, -0.1) is 0 Å². The summed E-state index contributed by atoms with van der Waals surface area (Å²) in [4.78, 5) is 23.4. The van der Waals surface area contributed by atoms with Crippen LogP contribution in [0.4, 0.5) is 9.59 Å². The molecule has 2 atom stereocenters. The Hall–Kier alpha value is -2.04. The molecular formula is C15H17NO4. The molecule has 1 heterocycles. The van der Waals surface area contributed by atoms with E-state index in [0.717, 1.165) is 23.3 Å². The Labute approximate surface area is 117 Å². The average Bonchev–Trinajstić information content (AvgIpc) is 2.73. The van der Waals surface area contributed by atoms with Crippen molar-refractivity contribution in [1.82, 2.24) is 4.90 Å². The number of benzene rings is 1. The molecule has 2 aliphatic rings. The standard InChI is InChI=1S/C15H17NO4/c1-9-13(20-15(19)16(9)14(17)18)12-7-6-10-4-2-3-5-11(10)8-12/h6-9,13H,2-5H2,1H3,(H,17,18). The fourth-order valence-electron chi connectivity index (χ4n) is 3.09. The van der Waals surface area contributed by atoms with Crippen LogP contribution in [0.5, 0.6) is 0 Å². The van der Waals surface area contributed by atoms with Crippen molar-refractivity contribution in [2.24, 2.45) is 0 Å².